The van der Waals surface area contributed by atoms with Crippen molar-refractivity contribution in [2.24, 2.45) is 0 Å². The molecule has 0 aliphatic heterocycles. The summed E-state index contributed by atoms with van der Waals surface area (Å²) in [4.78, 5) is 10.7. The molecular formula is C15H11NO3. The molecule has 19 heavy (non-hydrogen) atoms. The first-order valence-electron chi connectivity index (χ1n) is 5.90. The Labute approximate surface area is 109 Å². The van der Waals surface area contributed by atoms with E-state index < -0.39 is 0 Å². The van der Waals surface area contributed by atoms with Gasteiger partial charge in [0.1, 0.15) is 11.3 Å². The van der Waals surface area contributed by atoms with Crippen LogP contribution in [0.2, 0.25) is 0 Å². The number of nitrogens with zero attached hydrogens (tertiary/aromatic N) is 1. The zero-order valence-corrected chi connectivity index (χ0v) is 10.3. The highest BCUT2D eigenvalue weighted by Gasteiger charge is 2.20. The maximum absolute atomic E-state index is 11.1. The Kier molecular flexibility index (Phi) is 2.56. The predicted octanol–water partition coefficient (Wildman–Crippen LogP) is 4.32. The lowest BCUT2D eigenvalue weighted by Crippen LogP contribution is -1.91. The third-order valence-electron chi connectivity index (χ3n) is 3.19. The third kappa shape index (κ3) is 1.78. The van der Waals surface area contributed by atoms with Crippen LogP contribution >= 0.6 is 0 Å². The Morgan fingerprint density at radius 2 is 1.74 bits per heavy atom. The fourth-order valence-electron chi connectivity index (χ4n) is 2.26. The molecule has 0 atom stereocenters. The minimum atomic E-state index is -0.387. The van der Waals surface area contributed by atoms with Crippen LogP contribution < -0.4 is 0 Å². The van der Waals surface area contributed by atoms with E-state index in [2.05, 4.69) is 0 Å². The van der Waals surface area contributed by atoms with Crippen molar-refractivity contribution < 1.29 is 9.34 Å². The zero-order chi connectivity index (χ0) is 13.4. The van der Waals surface area contributed by atoms with Crippen LogP contribution in [-0.2, 0) is 0 Å². The molecule has 0 unspecified atom stereocenters. The molecule has 0 aliphatic carbocycles. The number of nitro benzene ring substituents is 1. The summed E-state index contributed by atoms with van der Waals surface area (Å²) in [6, 6.07) is 14.2. The molecule has 0 saturated carbocycles. The molecule has 2 aromatic carbocycles. The van der Waals surface area contributed by atoms with Crippen molar-refractivity contribution in [1.29, 1.82) is 0 Å². The summed E-state index contributed by atoms with van der Waals surface area (Å²) < 4.78 is 5.77. The number of hydrogen-bond acceptors (Lipinski definition) is 3. The topological polar surface area (TPSA) is 56.3 Å². The molecule has 0 radical (unpaired) electrons. The molecule has 0 bridgehead atoms. The van der Waals surface area contributed by atoms with Gasteiger partial charge in [0.15, 0.2) is 0 Å². The van der Waals surface area contributed by atoms with Crippen molar-refractivity contribution in [2.75, 3.05) is 0 Å². The van der Waals surface area contributed by atoms with Gasteiger partial charge in [0.25, 0.3) is 5.69 Å². The van der Waals surface area contributed by atoms with Crippen LogP contribution in [-0.4, -0.2) is 4.92 Å². The van der Waals surface area contributed by atoms with Crippen LogP contribution in [0.15, 0.2) is 52.9 Å². The largest absolute Gasteiger partial charge is 0.456 e. The van der Waals surface area contributed by atoms with Gasteiger partial charge in [-0.2, -0.15) is 0 Å². The van der Waals surface area contributed by atoms with Crippen molar-refractivity contribution in [1.82, 2.24) is 0 Å². The number of aryl methyl sites for hydroxylation is 1. The predicted molar refractivity (Wildman–Crippen MR) is 73.0 cm³/mol. The van der Waals surface area contributed by atoms with Gasteiger partial charge in [-0.05, 0) is 19.1 Å². The minimum absolute atomic E-state index is 0.0599. The highest BCUT2D eigenvalue weighted by Crippen LogP contribution is 2.37. The van der Waals surface area contributed by atoms with E-state index in [4.69, 9.17) is 4.42 Å². The number of fused-ring (bicyclic) bond motifs is 1. The minimum Gasteiger partial charge on any atom is -0.456 e. The molecule has 3 rings (SSSR count). The summed E-state index contributed by atoms with van der Waals surface area (Å²) in [5, 5.41) is 12.1. The van der Waals surface area contributed by atoms with Crippen LogP contribution in [0.1, 0.15) is 5.56 Å². The van der Waals surface area contributed by atoms with Gasteiger partial charge in [-0.15, -0.1) is 0 Å². The van der Waals surface area contributed by atoms with E-state index in [0.717, 1.165) is 16.5 Å². The summed E-state index contributed by atoms with van der Waals surface area (Å²) in [7, 11) is 0. The smallest absolute Gasteiger partial charge is 0.280 e. The Balaban J connectivity index is 2.31. The van der Waals surface area contributed by atoms with E-state index in [1.165, 1.54) is 6.07 Å². The lowest BCUT2D eigenvalue weighted by Gasteiger charge is -2.00. The van der Waals surface area contributed by atoms with Crippen LogP contribution in [0.25, 0.3) is 22.3 Å². The van der Waals surface area contributed by atoms with Gasteiger partial charge in [0.05, 0.1) is 10.5 Å². The number of furan rings is 1. The molecule has 0 saturated heterocycles. The molecule has 0 amide bonds. The Morgan fingerprint density at radius 3 is 2.47 bits per heavy atom. The number of para-hydroxylation sites is 2. The van der Waals surface area contributed by atoms with Crippen molar-refractivity contribution in [3.63, 3.8) is 0 Å². The zero-order valence-electron chi connectivity index (χ0n) is 10.3. The van der Waals surface area contributed by atoms with E-state index in [-0.39, 0.29) is 10.6 Å². The average Bonchev–Trinajstić information content (AvgIpc) is 2.76. The summed E-state index contributed by atoms with van der Waals surface area (Å²) in [6.07, 6.45) is 0. The maximum Gasteiger partial charge on any atom is 0.280 e. The van der Waals surface area contributed by atoms with Crippen molar-refractivity contribution in [2.45, 2.75) is 6.92 Å². The molecule has 0 spiro atoms. The van der Waals surface area contributed by atoms with E-state index in [1.807, 2.05) is 31.2 Å². The first kappa shape index (κ1) is 11.5. The highest BCUT2D eigenvalue weighted by molar-refractivity contribution is 5.89. The van der Waals surface area contributed by atoms with Crippen molar-refractivity contribution in [3.05, 3.63) is 64.2 Å². The van der Waals surface area contributed by atoms with E-state index >= 15 is 0 Å². The van der Waals surface area contributed by atoms with Gasteiger partial charge in [-0.1, -0.05) is 30.3 Å². The molecular weight excluding hydrogens is 242 g/mol. The van der Waals surface area contributed by atoms with Gasteiger partial charge in [-0.25, -0.2) is 0 Å². The fourth-order valence-corrected chi connectivity index (χ4v) is 2.26. The summed E-state index contributed by atoms with van der Waals surface area (Å²) in [6.45, 7) is 1.91. The third-order valence-corrected chi connectivity index (χ3v) is 3.19. The van der Waals surface area contributed by atoms with E-state index in [0.29, 0.717) is 11.3 Å². The molecule has 0 N–H and O–H groups in total. The van der Waals surface area contributed by atoms with Gasteiger partial charge in [0.2, 0.25) is 0 Å². The molecule has 4 nitrogen and oxygen atoms in total. The number of rotatable bonds is 2. The number of nitro groups is 1. The van der Waals surface area contributed by atoms with Gasteiger partial charge in [0, 0.05) is 17.0 Å². The Morgan fingerprint density at radius 1 is 1.05 bits per heavy atom. The summed E-state index contributed by atoms with van der Waals surface area (Å²) >= 11 is 0. The summed E-state index contributed by atoms with van der Waals surface area (Å²) in [5.74, 6) is 0.563. The monoisotopic (exact) mass is 253 g/mol. The van der Waals surface area contributed by atoms with Crippen LogP contribution in [0.5, 0.6) is 0 Å². The second-order valence-electron chi connectivity index (χ2n) is 4.33. The molecule has 0 aliphatic rings. The SMILES string of the molecule is Cc1c(-c2ccccc2[N+](=O)[O-])oc2ccccc12. The Bertz CT molecular complexity index is 774. The van der Waals surface area contributed by atoms with Crippen LogP contribution in [0.3, 0.4) is 0 Å². The summed E-state index contributed by atoms with van der Waals surface area (Å²) in [5.41, 5.74) is 2.24. The normalized spacial score (nSPS) is 10.8. The molecule has 4 heteroatoms. The first-order chi connectivity index (χ1) is 9.18. The molecule has 94 valence electrons. The number of hydrogen-bond donors (Lipinski definition) is 0. The second kappa shape index (κ2) is 4.24. The molecule has 1 aromatic heterocycles. The Hall–Kier alpha value is -2.62. The van der Waals surface area contributed by atoms with Crippen molar-refractivity contribution >= 4 is 16.7 Å². The lowest BCUT2D eigenvalue weighted by molar-refractivity contribution is -0.384. The molecule has 0 fully saturated rings. The van der Waals surface area contributed by atoms with Crippen molar-refractivity contribution in [3.8, 4) is 11.3 Å². The van der Waals surface area contributed by atoms with Crippen LogP contribution in [0, 0.1) is 17.0 Å². The van der Waals surface area contributed by atoms with E-state index in [1.54, 1.807) is 18.2 Å². The van der Waals surface area contributed by atoms with Gasteiger partial charge < -0.3 is 4.42 Å². The quantitative estimate of drug-likeness (QED) is 0.505. The number of benzene rings is 2. The van der Waals surface area contributed by atoms with Gasteiger partial charge >= 0.3 is 0 Å². The molecule has 3 aromatic rings. The molecule has 1 heterocycles. The fraction of sp³-hybridized carbons (Fsp3) is 0.0667. The maximum atomic E-state index is 11.1. The first-order valence-corrected chi connectivity index (χ1v) is 5.90. The standard InChI is InChI=1S/C15H11NO3/c1-10-11-6-3-5-9-14(11)19-15(10)12-7-2-4-8-13(12)16(17)18/h2-9H,1H3. The average molecular weight is 253 g/mol. The highest BCUT2D eigenvalue weighted by atomic mass is 16.6. The van der Waals surface area contributed by atoms with Gasteiger partial charge in [-0.3, -0.25) is 10.1 Å². The second-order valence-corrected chi connectivity index (χ2v) is 4.33. The van der Waals surface area contributed by atoms with Crippen LogP contribution in [0.4, 0.5) is 5.69 Å². The lowest BCUT2D eigenvalue weighted by atomic mass is 10.1. The van der Waals surface area contributed by atoms with E-state index in [9.17, 15) is 10.1 Å².